The number of nitrogens with zero attached hydrogens (tertiary/aromatic N) is 1. The third kappa shape index (κ3) is 4.89. The number of carbonyl (C=O) groups excluding carboxylic acids is 1. The Balaban J connectivity index is 1.92. The molecule has 2 aromatic rings. The SMILES string of the molecule is Cc1nc(CC(C)C)c(C(=O)NCCc2ccc(C(=O)O)cc2)s1. The maximum Gasteiger partial charge on any atom is 0.335 e. The van der Waals surface area contributed by atoms with Crippen LogP contribution in [0.2, 0.25) is 0 Å². The summed E-state index contributed by atoms with van der Waals surface area (Å²) in [5, 5.41) is 12.7. The number of thiazole rings is 1. The summed E-state index contributed by atoms with van der Waals surface area (Å²) in [5.74, 6) is -0.572. The maximum absolute atomic E-state index is 12.4. The number of aryl methyl sites for hydroxylation is 1. The largest absolute Gasteiger partial charge is 0.478 e. The molecule has 0 spiro atoms. The lowest BCUT2D eigenvalue weighted by atomic mass is 10.1. The van der Waals surface area contributed by atoms with Crippen molar-refractivity contribution in [3.05, 3.63) is 51.0 Å². The van der Waals surface area contributed by atoms with Crippen LogP contribution in [0.25, 0.3) is 0 Å². The first-order chi connectivity index (χ1) is 11.4. The standard InChI is InChI=1S/C18H22N2O3S/c1-11(2)10-15-16(24-12(3)20-15)17(21)19-9-8-13-4-6-14(7-5-13)18(22)23/h4-7,11H,8-10H2,1-3H3,(H,19,21)(H,22,23). The van der Waals surface area contributed by atoms with Gasteiger partial charge >= 0.3 is 5.97 Å². The number of nitrogens with one attached hydrogen (secondary N) is 1. The van der Waals surface area contributed by atoms with Gasteiger partial charge in [0.25, 0.3) is 5.91 Å². The first-order valence-electron chi connectivity index (χ1n) is 7.93. The average molecular weight is 346 g/mol. The van der Waals surface area contributed by atoms with E-state index < -0.39 is 5.97 Å². The second-order valence-corrected chi connectivity index (χ2v) is 7.32. The number of carboxylic acid groups (broad SMARTS) is 1. The molecule has 6 heteroatoms. The number of aromatic nitrogens is 1. The molecule has 0 atom stereocenters. The third-order valence-corrected chi connectivity index (χ3v) is 4.52. The molecule has 0 fully saturated rings. The quantitative estimate of drug-likeness (QED) is 0.806. The van der Waals surface area contributed by atoms with E-state index in [4.69, 9.17) is 5.11 Å². The van der Waals surface area contributed by atoms with Gasteiger partial charge in [-0.1, -0.05) is 26.0 Å². The molecule has 128 valence electrons. The minimum atomic E-state index is -0.937. The van der Waals surface area contributed by atoms with E-state index in [1.54, 1.807) is 24.3 Å². The summed E-state index contributed by atoms with van der Waals surface area (Å²) >= 11 is 1.43. The minimum absolute atomic E-state index is 0.0848. The number of amides is 1. The first kappa shape index (κ1) is 18.1. The Kier molecular flexibility index (Phi) is 6.09. The fraction of sp³-hybridized carbons (Fsp3) is 0.389. The smallest absolute Gasteiger partial charge is 0.335 e. The molecular weight excluding hydrogens is 324 g/mol. The third-order valence-electron chi connectivity index (χ3n) is 3.51. The molecule has 0 aliphatic rings. The van der Waals surface area contributed by atoms with E-state index in [1.165, 1.54) is 11.3 Å². The average Bonchev–Trinajstić information content (AvgIpc) is 2.87. The molecule has 2 N–H and O–H groups in total. The lowest BCUT2D eigenvalue weighted by Gasteiger charge is -2.07. The lowest BCUT2D eigenvalue weighted by Crippen LogP contribution is -2.26. The molecule has 0 unspecified atom stereocenters. The molecule has 2 rings (SSSR count). The van der Waals surface area contributed by atoms with Crippen molar-refractivity contribution in [1.82, 2.24) is 10.3 Å². The van der Waals surface area contributed by atoms with Gasteiger partial charge in [0.05, 0.1) is 16.3 Å². The number of benzene rings is 1. The Labute approximate surface area is 145 Å². The van der Waals surface area contributed by atoms with Crippen molar-refractivity contribution in [2.75, 3.05) is 6.54 Å². The van der Waals surface area contributed by atoms with Gasteiger partial charge in [0.15, 0.2) is 0 Å². The molecule has 1 aromatic heterocycles. The molecule has 24 heavy (non-hydrogen) atoms. The molecule has 0 radical (unpaired) electrons. The Morgan fingerprint density at radius 3 is 2.50 bits per heavy atom. The number of rotatable bonds is 7. The Morgan fingerprint density at radius 1 is 1.25 bits per heavy atom. The van der Waals surface area contributed by atoms with Gasteiger partial charge in [0, 0.05) is 6.54 Å². The second kappa shape index (κ2) is 8.06. The number of hydrogen-bond donors (Lipinski definition) is 2. The fourth-order valence-corrected chi connectivity index (χ4v) is 3.25. The summed E-state index contributed by atoms with van der Waals surface area (Å²) in [6.45, 7) is 6.63. The zero-order valence-corrected chi connectivity index (χ0v) is 14.9. The Morgan fingerprint density at radius 2 is 1.92 bits per heavy atom. The van der Waals surface area contributed by atoms with Gasteiger partial charge in [-0.05, 0) is 43.4 Å². The van der Waals surface area contributed by atoms with Gasteiger partial charge in [-0.2, -0.15) is 0 Å². The number of carboxylic acids is 1. The predicted octanol–water partition coefficient (Wildman–Crippen LogP) is 3.32. The number of aromatic carboxylic acids is 1. The van der Waals surface area contributed by atoms with Crippen LogP contribution in [0.4, 0.5) is 0 Å². The van der Waals surface area contributed by atoms with Crippen LogP contribution in [0, 0.1) is 12.8 Å². The van der Waals surface area contributed by atoms with E-state index in [1.807, 2.05) is 6.92 Å². The van der Waals surface area contributed by atoms with Crippen molar-refractivity contribution in [3.63, 3.8) is 0 Å². The van der Waals surface area contributed by atoms with Crippen LogP contribution in [0.5, 0.6) is 0 Å². The number of carbonyl (C=O) groups is 2. The Bertz CT molecular complexity index is 720. The van der Waals surface area contributed by atoms with Crippen molar-refractivity contribution in [1.29, 1.82) is 0 Å². The van der Waals surface area contributed by atoms with Crippen LogP contribution < -0.4 is 5.32 Å². The van der Waals surface area contributed by atoms with Crippen molar-refractivity contribution in [3.8, 4) is 0 Å². The van der Waals surface area contributed by atoms with Crippen molar-refractivity contribution >= 4 is 23.2 Å². The molecule has 0 bridgehead atoms. The molecule has 5 nitrogen and oxygen atoms in total. The lowest BCUT2D eigenvalue weighted by molar-refractivity contribution is 0.0696. The minimum Gasteiger partial charge on any atom is -0.478 e. The van der Waals surface area contributed by atoms with Gasteiger partial charge in [-0.15, -0.1) is 11.3 Å². The number of hydrogen-bond acceptors (Lipinski definition) is 4. The highest BCUT2D eigenvalue weighted by Gasteiger charge is 2.17. The van der Waals surface area contributed by atoms with Crippen LogP contribution in [0.3, 0.4) is 0 Å². The topological polar surface area (TPSA) is 79.3 Å². The highest BCUT2D eigenvalue weighted by molar-refractivity contribution is 7.13. The van der Waals surface area contributed by atoms with Crippen LogP contribution in [-0.2, 0) is 12.8 Å². The summed E-state index contributed by atoms with van der Waals surface area (Å²) in [4.78, 5) is 28.4. The molecule has 0 saturated heterocycles. The van der Waals surface area contributed by atoms with Crippen molar-refractivity contribution in [2.24, 2.45) is 5.92 Å². The molecule has 1 heterocycles. The summed E-state index contributed by atoms with van der Waals surface area (Å²) in [6.07, 6.45) is 1.45. The van der Waals surface area contributed by atoms with Crippen molar-refractivity contribution < 1.29 is 14.7 Å². The van der Waals surface area contributed by atoms with E-state index in [2.05, 4.69) is 24.1 Å². The van der Waals surface area contributed by atoms with E-state index in [0.29, 0.717) is 23.8 Å². The maximum atomic E-state index is 12.4. The molecular formula is C18H22N2O3S. The van der Waals surface area contributed by atoms with Crippen molar-refractivity contribution in [2.45, 2.75) is 33.6 Å². The predicted molar refractivity (Wildman–Crippen MR) is 94.8 cm³/mol. The zero-order chi connectivity index (χ0) is 17.7. The van der Waals surface area contributed by atoms with Gasteiger partial charge < -0.3 is 10.4 Å². The molecule has 1 amide bonds. The normalized spacial score (nSPS) is 10.8. The molecule has 0 aliphatic heterocycles. The van der Waals surface area contributed by atoms with Gasteiger partial charge in [-0.25, -0.2) is 9.78 Å². The highest BCUT2D eigenvalue weighted by atomic mass is 32.1. The van der Waals surface area contributed by atoms with Crippen LogP contribution in [0.1, 0.15) is 50.1 Å². The molecule has 1 aromatic carbocycles. The first-order valence-corrected chi connectivity index (χ1v) is 8.75. The van der Waals surface area contributed by atoms with E-state index in [9.17, 15) is 9.59 Å². The second-order valence-electron chi connectivity index (χ2n) is 6.11. The van der Waals surface area contributed by atoms with E-state index in [-0.39, 0.29) is 11.5 Å². The van der Waals surface area contributed by atoms with E-state index in [0.717, 1.165) is 22.7 Å². The summed E-state index contributed by atoms with van der Waals surface area (Å²) in [6, 6.07) is 6.70. The molecule has 0 saturated carbocycles. The van der Waals surface area contributed by atoms with Crippen LogP contribution in [-0.4, -0.2) is 28.5 Å². The highest BCUT2D eigenvalue weighted by Crippen LogP contribution is 2.20. The monoisotopic (exact) mass is 346 g/mol. The van der Waals surface area contributed by atoms with Crippen LogP contribution >= 0.6 is 11.3 Å². The van der Waals surface area contributed by atoms with Gasteiger partial charge in [0.2, 0.25) is 0 Å². The zero-order valence-electron chi connectivity index (χ0n) is 14.1. The van der Waals surface area contributed by atoms with Gasteiger partial charge in [0.1, 0.15) is 4.88 Å². The van der Waals surface area contributed by atoms with Gasteiger partial charge in [-0.3, -0.25) is 4.79 Å². The summed E-state index contributed by atoms with van der Waals surface area (Å²) < 4.78 is 0. The Hall–Kier alpha value is -2.21. The van der Waals surface area contributed by atoms with E-state index >= 15 is 0 Å². The summed E-state index contributed by atoms with van der Waals surface area (Å²) in [5.41, 5.74) is 2.13. The molecule has 0 aliphatic carbocycles. The summed E-state index contributed by atoms with van der Waals surface area (Å²) in [7, 11) is 0. The fourth-order valence-electron chi connectivity index (χ4n) is 2.39. The van der Waals surface area contributed by atoms with Crippen LogP contribution in [0.15, 0.2) is 24.3 Å².